The zero-order valence-corrected chi connectivity index (χ0v) is 13.0. The predicted octanol–water partition coefficient (Wildman–Crippen LogP) is 0.568. The normalized spacial score (nSPS) is 22.8. The number of nitrogens with one attached hydrogen (secondary N) is 2. The standard InChI is InChI=1S/C14H22N4O2S/c1-10-4-2-6-18(11(10)8-15)9-13(19)16-17-14(20)12-5-3-7-21-12/h3,5,7,10-11H,2,4,6,8-9,15H2,1H3,(H,16,19)(H,17,20). The zero-order chi connectivity index (χ0) is 15.2. The molecule has 0 radical (unpaired) electrons. The van der Waals surface area contributed by atoms with Crippen LogP contribution in [0.15, 0.2) is 17.5 Å². The Hall–Kier alpha value is -1.44. The van der Waals surface area contributed by atoms with Gasteiger partial charge in [-0.2, -0.15) is 0 Å². The summed E-state index contributed by atoms with van der Waals surface area (Å²) in [4.78, 5) is 26.3. The molecule has 0 spiro atoms. The highest BCUT2D eigenvalue weighted by Crippen LogP contribution is 2.21. The van der Waals surface area contributed by atoms with E-state index in [9.17, 15) is 9.59 Å². The number of hydrogen-bond donors (Lipinski definition) is 3. The van der Waals surface area contributed by atoms with Crippen molar-refractivity contribution in [2.24, 2.45) is 11.7 Å². The predicted molar refractivity (Wildman–Crippen MR) is 82.7 cm³/mol. The monoisotopic (exact) mass is 310 g/mol. The van der Waals surface area contributed by atoms with Crippen LogP contribution in [0.4, 0.5) is 0 Å². The van der Waals surface area contributed by atoms with Gasteiger partial charge in [-0.05, 0) is 36.8 Å². The summed E-state index contributed by atoms with van der Waals surface area (Å²) in [5.74, 6) is -0.00884. The number of nitrogens with zero attached hydrogens (tertiary/aromatic N) is 1. The summed E-state index contributed by atoms with van der Waals surface area (Å²) >= 11 is 1.33. The summed E-state index contributed by atoms with van der Waals surface area (Å²) in [6.45, 7) is 3.85. The molecule has 1 fully saturated rings. The van der Waals surface area contributed by atoms with Crippen molar-refractivity contribution in [3.63, 3.8) is 0 Å². The molecule has 6 nitrogen and oxygen atoms in total. The largest absolute Gasteiger partial charge is 0.329 e. The number of rotatable bonds is 4. The van der Waals surface area contributed by atoms with Gasteiger partial charge in [-0.25, -0.2) is 0 Å². The lowest BCUT2D eigenvalue weighted by Crippen LogP contribution is -2.53. The van der Waals surface area contributed by atoms with E-state index < -0.39 is 0 Å². The third-order valence-electron chi connectivity index (χ3n) is 3.88. The van der Waals surface area contributed by atoms with Gasteiger partial charge >= 0.3 is 0 Å². The average molecular weight is 310 g/mol. The van der Waals surface area contributed by atoms with Crippen LogP contribution in [0.3, 0.4) is 0 Å². The number of thiophene rings is 1. The summed E-state index contributed by atoms with van der Waals surface area (Å²) in [6.07, 6.45) is 2.22. The van der Waals surface area contributed by atoms with E-state index in [4.69, 9.17) is 5.73 Å². The summed E-state index contributed by atoms with van der Waals surface area (Å²) in [5.41, 5.74) is 10.7. The van der Waals surface area contributed by atoms with Crippen molar-refractivity contribution in [3.05, 3.63) is 22.4 Å². The minimum Gasteiger partial charge on any atom is -0.329 e. The molecule has 1 aliphatic heterocycles. The molecule has 2 rings (SSSR count). The molecule has 116 valence electrons. The zero-order valence-electron chi connectivity index (χ0n) is 12.2. The van der Waals surface area contributed by atoms with Crippen LogP contribution in [-0.2, 0) is 4.79 Å². The highest BCUT2D eigenvalue weighted by molar-refractivity contribution is 7.12. The SMILES string of the molecule is CC1CCCN(CC(=O)NNC(=O)c2cccs2)C1CN. The molecular formula is C14H22N4O2S. The summed E-state index contributed by atoms with van der Waals surface area (Å²) < 4.78 is 0. The maximum absolute atomic E-state index is 11.9. The third kappa shape index (κ3) is 4.26. The Bertz CT molecular complexity index is 477. The molecule has 21 heavy (non-hydrogen) atoms. The number of likely N-dealkylation sites (tertiary alicyclic amines) is 1. The van der Waals surface area contributed by atoms with Gasteiger partial charge in [0.25, 0.3) is 11.8 Å². The Balaban J connectivity index is 1.80. The van der Waals surface area contributed by atoms with E-state index in [1.807, 2.05) is 5.38 Å². The van der Waals surface area contributed by atoms with E-state index in [0.717, 1.165) is 19.4 Å². The molecular weight excluding hydrogens is 288 g/mol. The molecule has 2 atom stereocenters. The van der Waals surface area contributed by atoms with Gasteiger partial charge in [0.05, 0.1) is 11.4 Å². The van der Waals surface area contributed by atoms with Gasteiger partial charge in [0.15, 0.2) is 0 Å². The Kier molecular flexibility index (Phi) is 5.72. The summed E-state index contributed by atoms with van der Waals surface area (Å²) in [5, 5.41) is 1.82. The number of hydrogen-bond acceptors (Lipinski definition) is 5. The van der Waals surface area contributed by atoms with E-state index in [1.165, 1.54) is 11.3 Å². The number of carbonyl (C=O) groups is 2. The van der Waals surface area contributed by atoms with Gasteiger partial charge in [0.1, 0.15) is 0 Å². The second-order valence-corrected chi connectivity index (χ2v) is 6.32. The van der Waals surface area contributed by atoms with E-state index in [0.29, 0.717) is 17.3 Å². The summed E-state index contributed by atoms with van der Waals surface area (Å²) in [7, 11) is 0. The van der Waals surface area contributed by atoms with E-state index in [2.05, 4.69) is 22.7 Å². The van der Waals surface area contributed by atoms with Gasteiger partial charge in [-0.15, -0.1) is 11.3 Å². The first-order valence-electron chi connectivity index (χ1n) is 7.18. The molecule has 7 heteroatoms. The molecule has 1 saturated heterocycles. The van der Waals surface area contributed by atoms with Crippen LogP contribution in [0.25, 0.3) is 0 Å². The quantitative estimate of drug-likeness (QED) is 0.710. The fraction of sp³-hybridized carbons (Fsp3) is 0.571. The van der Waals surface area contributed by atoms with Gasteiger partial charge < -0.3 is 5.73 Å². The Labute approximate surface area is 128 Å². The fourth-order valence-corrected chi connectivity index (χ4v) is 3.35. The first-order chi connectivity index (χ1) is 10.1. The van der Waals surface area contributed by atoms with Crippen molar-refractivity contribution >= 4 is 23.2 Å². The molecule has 0 bridgehead atoms. The molecule has 2 heterocycles. The molecule has 0 aliphatic carbocycles. The van der Waals surface area contributed by atoms with Gasteiger partial charge in [0.2, 0.25) is 0 Å². The number of amides is 2. The smallest absolute Gasteiger partial charge is 0.279 e. The van der Waals surface area contributed by atoms with E-state index in [-0.39, 0.29) is 24.4 Å². The van der Waals surface area contributed by atoms with Gasteiger partial charge in [0, 0.05) is 12.6 Å². The number of nitrogens with two attached hydrogens (primary N) is 1. The number of carbonyl (C=O) groups excluding carboxylic acids is 2. The van der Waals surface area contributed by atoms with Crippen molar-refractivity contribution in [3.8, 4) is 0 Å². The first kappa shape index (κ1) is 15.9. The maximum Gasteiger partial charge on any atom is 0.279 e. The van der Waals surface area contributed by atoms with E-state index >= 15 is 0 Å². The first-order valence-corrected chi connectivity index (χ1v) is 8.06. The van der Waals surface area contributed by atoms with Crippen LogP contribution in [0.2, 0.25) is 0 Å². The average Bonchev–Trinajstić information content (AvgIpc) is 2.99. The fourth-order valence-electron chi connectivity index (χ4n) is 2.73. The molecule has 1 aromatic heterocycles. The van der Waals surface area contributed by atoms with Crippen molar-refractivity contribution in [2.45, 2.75) is 25.8 Å². The lowest BCUT2D eigenvalue weighted by molar-refractivity contribution is -0.124. The molecule has 2 amide bonds. The molecule has 0 aromatic carbocycles. The minimum atomic E-state index is -0.291. The lowest BCUT2D eigenvalue weighted by atomic mass is 9.91. The molecule has 2 unspecified atom stereocenters. The van der Waals surface area contributed by atoms with Crippen LogP contribution in [0.5, 0.6) is 0 Å². The second kappa shape index (κ2) is 7.53. The van der Waals surface area contributed by atoms with Crippen molar-refractivity contribution in [1.82, 2.24) is 15.8 Å². The minimum absolute atomic E-state index is 0.215. The maximum atomic E-state index is 11.9. The highest BCUT2D eigenvalue weighted by atomic mass is 32.1. The molecule has 1 aromatic rings. The van der Waals surface area contributed by atoms with Crippen LogP contribution in [0.1, 0.15) is 29.4 Å². The van der Waals surface area contributed by atoms with Crippen molar-refractivity contribution < 1.29 is 9.59 Å². The number of hydrazine groups is 1. The summed E-state index contributed by atoms with van der Waals surface area (Å²) in [6, 6.07) is 3.74. The van der Waals surface area contributed by atoms with Crippen LogP contribution < -0.4 is 16.6 Å². The van der Waals surface area contributed by atoms with Crippen LogP contribution in [-0.4, -0.2) is 42.4 Å². The van der Waals surface area contributed by atoms with Crippen molar-refractivity contribution in [1.29, 1.82) is 0 Å². The molecule has 1 aliphatic rings. The Morgan fingerprint density at radius 1 is 1.48 bits per heavy atom. The molecule has 4 N–H and O–H groups in total. The highest BCUT2D eigenvalue weighted by Gasteiger charge is 2.28. The van der Waals surface area contributed by atoms with Gasteiger partial charge in [-0.3, -0.25) is 25.3 Å². The Morgan fingerprint density at radius 2 is 2.29 bits per heavy atom. The van der Waals surface area contributed by atoms with Crippen LogP contribution >= 0.6 is 11.3 Å². The second-order valence-electron chi connectivity index (χ2n) is 5.37. The number of piperidine rings is 1. The van der Waals surface area contributed by atoms with Crippen LogP contribution in [0, 0.1) is 5.92 Å². The lowest BCUT2D eigenvalue weighted by Gasteiger charge is -2.38. The molecule has 0 saturated carbocycles. The Morgan fingerprint density at radius 3 is 2.95 bits per heavy atom. The van der Waals surface area contributed by atoms with Crippen molar-refractivity contribution in [2.75, 3.05) is 19.6 Å². The van der Waals surface area contributed by atoms with Gasteiger partial charge in [-0.1, -0.05) is 13.0 Å². The van der Waals surface area contributed by atoms with E-state index in [1.54, 1.807) is 12.1 Å². The third-order valence-corrected chi connectivity index (χ3v) is 4.75. The topological polar surface area (TPSA) is 87.5 Å².